The first-order valence-corrected chi connectivity index (χ1v) is 12.2. The lowest BCUT2D eigenvalue weighted by Gasteiger charge is -2.11. The minimum absolute atomic E-state index is 0.0371. The van der Waals surface area contributed by atoms with Gasteiger partial charge in [-0.2, -0.15) is 5.10 Å². The Bertz CT molecular complexity index is 1280. The Morgan fingerprint density at radius 1 is 1.08 bits per heavy atom. The molecule has 1 aliphatic heterocycles. The van der Waals surface area contributed by atoms with Gasteiger partial charge in [-0.25, -0.2) is 0 Å². The van der Waals surface area contributed by atoms with Crippen molar-refractivity contribution >= 4 is 40.6 Å². The summed E-state index contributed by atoms with van der Waals surface area (Å²) < 4.78 is 11.4. The van der Waals surface area contributed by atoms with Gasteiger partial charge in [-0.3, -0.25) is 9.59 Å². The number of nitrogens with one attached hydrogen (secondary N) is 2. The molecule has 3 aromatic rings. The van der Waals surface area contributed by atoms with E-state index in [2.05, 4.69) is 20.8 Å². The van der Waals surface area contributed by atoms with E-state index in [1.807, 2.05) is 61.5 Å². The number of benzene rings is 3. The minimum atomic E-state index is -0.562. The van der Waals surface area contributed by atoms with E-state index in [0.717, 1.165) is 11.1 Å². The van der Waals surface area contributed by atoms with Gasteiger partial charge in [0.2, 0.25) is 11.8 Å². The summed E-state index contributed by atoms with van der Waals surface area (Å²) in [5.41, 5.74) is 3.71. The molecule has 2 amide bonds. The summed E-state index contributed by atoms with van der Waals surface area (Å²) >= 11 is 1.18. The molecule has 184 valence electrons. The van der Waals surface area contributed by atoms with Crippen LogP contribution in [0, 0.1) is 6.92 Å². The number of para-hydroxylation sites is 1. The fraction of sp³-hybridized carbons (Fsp3) is 0.185. The highest BCUT2D eigenvalue weighted by atomic mass is 32.2. The zero-order valence-corrected chi connectivity index (χ0v) is 20.7. The molecule has 0 saturated carbocycles. The van der Waals surface area contributed by atoms with Crippen LogP contribution in [0.25, 0.3) is 0 Å². The smallest absolute Gasteiger partial charge is 0.240 e. The number of hydrogen-bond donors (Lipinski definition) is 2. The quantitative estimate of drug-likeness (QED) is 0.331. The molecule has 4 rings (SSSR count). The van der Waals surface area contributed by atoms with Crippen molar-refractivity contribution in [2.24, 2.45) is 10.2 Å². The van der Waals surface area contributed by atoms with E-state index in [1.165, 1.54) is 17.3 Å². The number of carbonyl (C=O) groups excluding carboxylic acids is 2. The van der Waals surface area contributed by atoms with Gasteiger partial charge in [-0.05, 0) is 48.4 Å². The van der Waals surface area contributed by atoms with Gasteiger partial charge in [0.15, 0.2) is 16.7 Å². The number of methoxy groups -OCH3 is 1. The maximum atomic E-state index is 12.3. The van der Waals surface area contributed by atoms with E-state index in [0.29, 0.717) is 29.0 Å². The van der Waals surface area contributed by atoms with Crippen molar-refractivity contribution in [3.8, 4) is 11.5 Å². The lowest BCUT2D eigenvalue weighted by atomic mass is 10.2. The number of amidine groups is 1. The predicted molar refractivity (Wildman–Crippen MR) is 143 cm³/mol. The SMILES string of the molecule is COc1cc(/C=N/N=C2\NC(=O)C(CC(=O)Nc3ccccc3)S2)ccc1OCc1ccc(C)cc1. The van der Waals surface area contributed by atoms with E-state index < -0.39 is 5.25 Å². The molecule has 3 aromatic carbocycles. The van der Waals surface area contributed by atoms with Crippen molar-refractivity contribution < 1.29 is 19.1 Å². The summed E-state index contributed by atoms with van der Waals surface area (Å²) in [6.45, 7) is 2.47. The number of amides is 2. The van der Waals surface area contributed by atoms with Gasteiger partial charge in [-0.15, -0.1) is 5.10 Å². The molecular weight excluding hydrogens is 476 g/mol. The zero-order chi connectivity index (χ0) is 25.3. The number of anilines is 1. The highest BCUT2D eigenvalue weighted by Gasteiger charge is 2.32. The molecular formula is C27H26N4O4S. The number of aryl methyl sites for hydroxylation is 1. The molecule has 1 aliphatic rings. The van der Waals surface area contributed by atoms with E-state index >= 15 is 0 Å². The highest BCUT2D eigenvalue weighted by Crippen LogP contribution is 2.28. The highest BCUT2D eigenvalue weighted by molar-refractivity contribution is 8.15. The molecule has 1 saturated heterocycles. The number of rotatable bonds is 9. The summed E-state index contributed by atoms with van der Waals surface area (Å²) in [4.78, 5) is 24.5. The van der Waals surface area contributed by atoms with E-state index in [1.54, 1.807) is 31.5 Å². The van der Waals surface area contributed by atoms with Crippen molar-refractivity contribution in [3.63, 3.8) is 0 Å². The van der Waals surface area contributed by atoms with Crippen molar-refractivity contribution in [2.45, 2.75) is 25.2 Å². The van der Waals surface area contributed by atoms with Gasteiger partial charge in [0.1, 0.15) is 11.9 Å². The first-order valence-electron chi connectivity index (χ1n) is 11.3. The Balaban J connectivity index is 1.32. The number of nitrogens with zero attached hydrogens (tertiary/aromatic N) is 2. The Hall–Kier alpha value is -4.11. The van der Waals surface area contributed by atoms with Gasteiger partial charge in [0.05, 0.1) is 13.3 Å². The van der Waals surface area contributed by atoms with Crippen molar-refractivity contribution in [2.75, 3.05) is 12.4 Å². The van der Waals surface area contributed by atoms with Crippen LogP contribution in [0.5, 0.6) is 11.5 Å². The molecule has 36 heavy (non-hydrogen) atoms. The van der Waals surface area contributed by atoms with E-state index in [9.17, 15) is 9.59 Å². The third-order valence-electron chi connectivity index (χ3n) is 5.26. The van der Waals surface area contributed by atoms with E-state index in [-0.39, 0.29) is 18.2 Å². The Morgan fingerprint density at radius 2 is 1.86 bits per heavy atom. The average molecular weight is 503 g/mol. The van der Waals surface area contributed by atoms with E-state index in [4.69, 9.17) is 9.47 Å². The molecule has 1 fully saturated rings. The van der Waals surface area contributed by atoms with Crippen LogP contribution in [0.3, 0.4) is 0 Å². The molecule has 2 N–H and O–H groups in total. The maximum absolute atomic E-state index is 12.3. The second-order valence-electron chi connectivity index (χ2n) is 8.05. The Morgan fingerprint density at radius 3 is 2.61 bits per heavy atom. The van der Waals surface area contributed by atoms with Gasteiger partial charge >= 0.3 is 0 Å². The largest absolute Gasteiger partial charge is 0.493 e. The van der Waals surface area contributed by atoms with Gasteiger partial charge < -0.3 is 20.1 Å². The molecule has 8 nitrogen and oxygen atoms in total. The van der Waals surface area contributed by atoms with Crippen LogP contribution in [0.15, 0.2) is 83.0 Å². The van der Waals surface area contributed by atoms with Gasteiger partial charge in [0, 0.05) is 12.1 Å². The number of carbonyl (C=O) groups is 2. The van der Waals surface area contributed by atoms with Crippen molar-refractivity contribution in [1.29, 1.82) is 0 Å². The summed E-state index contributed by atoms with van der Waals surface area (Å²) in [5, 5.41) is 13.4. The molecule has 1 atom stereocenters. The fourth-order valence-electron chi connectivity index (χ4n) is 3.37. The van der Waals surface area contributed by atoms with Gasteiger partial charge in [-0.1, -0.05) is 59.8 Å². The van der Waals surface area contributed by atoms with Crippen LogP contribution in [-0.2, 0) is 16.2 Å². The van der Waals surface area contributed by atoms with Crippen LogP contribution in [0.2, 0.25) is 0 Å². The monoisotopic (exact) mass is 502 g/mol. The topological polar surface area (TPSA) is 101 Å². The maximum Gasteiger partial charge on any atom is 0.240 e. The third-order valence-corrected chi connectivity index (χ3v) is 6.34. The molecule has 1 heterocycles. The standard InChI is InChI=1S/C27H26N4O4S/c1-18-8-10-19(11-9-18)17-35-22-13-12-20(14-23(22)34-2)16-28-31-27-30-26(33)24(36-27)15-25(32)29-21-6-4-3-5-7-21/h3-14,16,24H,15,17H2,1-2H3,(H,29,32)(H,30,31,33)/b28-16+. The van der Waals surface area contributed by atoms with Crippen molar-refractivity contribution in [3.05, 3.63) is 89.5 Å². The predicted octanol–water partition coefficient (Wildman–Crippen LogP) is 4.53. The summed E-state index contributed by atoms with van der Waals surface area (Å²) in [5.74, 6) is 0.688. The van der Waals surface area contributed by atoms with Crippen molar-refractivity contribution in [1.82, 2.24) is 5.32 Å². The minimum Gasteiger partial charge on any atom is -0.493 e. The molecule has 0 bridgehead atoms. The zero-order valence-electron chi connectivity index (χ0n) is 19.9. The first-order chi connectivity index (χ1) is 17.5. The molecule has 0 radical (unpaired) electrons. The van der Waals surface area contributed by atoms with Crippen LogP contribution in [-0.4, -0.2) is 35.6 Å². The Labute approximate surface area is 213 Å². The van der Waals surface area contributed by atoms with Crippen LogP contribution in [0.4, 0.5) is 5.69 Å². The van der Waals surface area contributed by atoms with Crippen LogP contribution < -0.4 is 20.1 Å². The van der Waals surface area contributed by atoms with Crippen LogP contribution in [0.1, 0.15) is 23.1 Å². The lowest BCUT2D eigenvalue weighted by Crippen LogP contribution is -2.28. The number of ether oxygens (including phenoxy) is 2. The third kappa shape index (κ3) is 6.96. The molecule has 0 spiro atoms. The first kappa shape index (κ1) is 25.0. The number of hydrogen-bond acceptors (Lipinski definition) is 7. The molecule has 1 unspecified atom stereocenters. The Kier molecular flexibility index (Phi) is 8.36. The molecule has 0 aromatic heterocycles. The molecule has 9 heteroatoms. The fourth-order valence-corrected chi connectivity index (χ4v) is 4.29. The normalized spacial score (nSPS) is 16.2. The summed E-state index contributed by atoms with van der Waals surface area (Å²) in [7, 11) is 1.58. The van der Waals surface area contributed by atoms with Crippen LogP contribution >= 0.6 is 11.8 Å². The summed E-state index contributed by atoms with van der Waals surface area (Å²) in [6.07, 6.45) is 1.59. The summed E-state index contributed by atoms with van der Waals surface area (Å²) in [6, 6.07) is 22.7. The molecule has 0 aliphatic carbocycles. The second kappa shape index (κ2) is 12.0. The lowest BCUT2D eigenvalue weighted by molar-refractivity contribution is -0.122. The van der Waals surface area contributed by atoms with Gasteiger partial charge in [0.25, 0.3) is 0 Å². The number of thioether (sulfide) groups is 1. The second-order valence-corrected chi connectivity index (χ2v) is 9.24. The average Bonchev–Trinajstić information content (AvgIpc) is 3.23.